The highest BCUT2D eigenvalue weighted by Crippen LogP contribution is 2.28. The molecule has 0 spiro atoms. The number of aromatic nitrogens is 2. The second-order valence-electron chi connectivity index (χ2n) is 6.17. The van der Waals surface area contributed by atoms with E-state index in [1.165, 1.54) is 0 Å². The summed E-state index contributed by atoms with van der Waals surface area (Å²) in [5, 5.41) is 5.31. The van der Waals surface area contributed by atoms with E-state index in [0.717, 1.165) is 33.3 Å². The molecule has 5 heteroatoms. The minimum absolute atomic E-state index is 0.00526. The Bertz CT molecular complexity index is 1030. The number of imidazole rings is 1. The number of carbonyl (C=O) groups is 1. The average Bonchev–Trinajstić information content (AvgIpc) is 3.11. The van der Waals surface area contributed by atoms with Crippen LogP contribution >= 0.6 is 11.8 Å². The smallest absolute Gasteiger partial charge is 0.234 e. The van der Waals surface area contributed by atoms with Crippen molar-refractivity contribution in [1.29, 1.82) is 0 Å². The number of thioether (sulfide) groups is 1. The second kappa shape index (κ2) is 7.22. The summed E-state index contributed by atoms with van der Waals surface area (Å²) >= 11 is 1.57. The third-order valence-corrected chi connectivity index (χ3v) is 5.47. The lowest BCUT2D eigenvalue weighted by atomic mass is 10.1. The molecule has 3 aromatic carbocycles. The number of benzene rings is 3. The molecule has 0 aliphatic carbocycles. The molecule has 1 amide bonds. The van der Waals surface area contributed by atoms with Crippen LogP contribution in [-0.4, -0.2) is 21.6 Å². The predicted molar refractivity (Wildman–Crippen MR) is 110 cm³/mol. The number of para-hydroxylation sites is 2. The van der Waals surface area contributed by atoms with Crippen LogP contribution in [0.25, 0.3) is 21.8 Å². The first kappa shape index (κ1) is 16.7. The van der Waals surface area contributed by atoms with Crippen LogP contribution in [0.15, 0.2) is 66.7 Å². The van der Waals surface area contributed by atoms with Crippen molar-refractivity contribution in [3.8, 4) is 0 Å². The van der Waals surface area contributed by atoms with Gasteiger partial charge in [-0.1, -0.05) is 48.5 Å². The number of rotatable bonds is 5. The Hall–Kier alpha value is -2.79. The van der Waals surface area contributed by atoms with Crippen molar-refractivity contribution in [2.24, 2.45) is 0 Å². The monoisotopic (exact) mass is 361 g/mol. The van der Waals surface area contributed by atoms with Gasteiger partial charge < -0.3 is 10.3 Å². The highest BCUT2D eigenvalue weighted by atomic mass is 32.2. The van der Waals surface area contributed by atoms with Gasteiger partial charge >= 0.3 is 0 Å². The van der Waals surface area contributed by atoms with Crippen LogP contribution in [0.4, 0.5) is 5.69 Å². The molecule has 1 heterocycles. The predicted octanol–water partition coefficient (Wildman–Crippen LogP) is 5.15. The molecule has 130 valence electrons. The first-order chi connectivity index (χ1) is 12.7. The quantitative estimate of drug-likeness (QED) is 0.517. The number of fused-ring (bicyclic) bond motifs is 2. The normalized spacial score (nSPS) is 12.3. The summed E-state index contributed by atoms with van der Waals surface area (Å²) in [4.78, 5) is 20.3. The summed E-state index contributed by atoms with van der Waals surface area (Å²) in [5.74, 6) is 1.27. The SMILES string of the molecule is CC(SCC(=O)Nc1cccc2ccccc12)c1nc2ccccc2[nH]1. The standard InChI is InChI=1S/C21H19N3OS/c1-14(21-23-18-10-4-5-11-19(18)24-21)26-13-20(25)22-17-12-6-8-15-7-2-3-9-16(15)17/h2-12,14H,13H2,1H3,(H,22,25)(H,23,24). The molecule has 0 bridgehead atoms. The van der Waals surface area contributed by atoms with Gasteiger partial charge in [-0.15, -0.1) is 11.8 Å². The van der Waals surface area contributed by atoms with E-state index in [4.69, 9.17) is 0 Å². The van der Waals surface area contributed by atoms with Crippen molar-refractivity contribution in [2.45, 2.75) is 12.2 Å². The molecule has 0 aliphatic heterocycles. The highest BCUT2D eigenvalue weighted by Gasteiger charge is 2.14. The molecule has 1 atom stereocenters. The molecule has 0 saturated heterocycles. The first-order valence-corrected chi connectivity index (χ1v) is 9.59. The fourth-order valence-electron chi connectivity index (χ4n) is 2.97. The lowest BCUT2D eigenvalue weighted by Gasteiger charge is -2.11. The van der Waals surface area contributed by atoms with Crippen molar-refractivity contribution in [3.63, 3.8) is 0 Å². The molecule has 2 N–H and O–H groups in total. The molecule has 0 aliphatic rings. The third-order valence-electron chi connectivity index (χ3n) is 4.32. The van der Waals surface area contributed by atoms with E-state index < -0.39 is 0 Å². The van der Waals surface area contributed by atoms with Gasteiger partial charge in [0, 0.05) is 11.1 Å². The van der Waals surface area contributed by atoms with Crippen molar-refractivity contribution in [1.82, 2.24) is 9.97 Å². The fourth-order valence-corrected chi connectivity index (χ4v) is 3.71. The maximum absolute atomic E-state index is 12.4. The molecule has 4 aromatic rings. The Morgan fingerprint density at radius 2 is 1.85 bits per heavy atom. The van der Waals surface area contributed by atoms with Gasteiger partial charge in [-0.25, -0.2) is 4.98 Å². The number of H-pyrrole nitrogens is 1. The van der Waals surface area contributed by atoms with Gasteiger partial charge in [-0.05, 0) is 30.5 Å². The zero-order chi connectivity index (χ0) is 17.9. The van der Waals surface area contributed by atoms with Gasteiger partial charge in [0.25, 0.3) is 0 Å². The molecular weight excluding hydrogens is 342 g/mol. The van der Waals surface area contributed by atoms with Gasteiger partial charge in [0.2, 0.25) is 5.91 Å². The van der Waals surface area contributed by atoms with E-state index in [-0.39, 0.29) is 11.2 Å². The maximum atomic E-state index is 12.4. The van der Waals surface area contributed by atoms with Crippen molar-refractivity contribution in [3.05, 3.63) is 72.6 Å². The van der Waals surface area contributed by atoms with Crippen LogP contribution in [0.2, 0.25) is 0 Å². The number of carbonyl (C=O) groups excluding carboxylic acids is 1. The topological polar surface area (TPSA) is 57.8 Å². The average molecular weight is 361 g/mol. The Morgan fingerprint density at radius 3 is 2.73 bits per heavy atom. The summed E-state index contributed by atoms with van der Waals surface area (Å²) in [6, 6.07) is 21.9. The molecule has 0 fully saturated rings. The molecule has 1 unspecified atom stereocenters. The lowest BCUT2D eigenvalue weighted by molar-refractivity contribution is -0.113. The van der Waals surface area contributed by atoms with Crippen molar-refractivity contribution in [2.75, 3.05) is 11.1 Å². The number of nitrogens with zero attached hydrogens (tertiary/aromatic N) is 1. The Morgan fingerprint density at radius 1 is 1.08 bits per heavy atom. The minimum atomic E-state index is -0.00526. The van der Waals surface area contributed by atoms with Crippen LogP contribution in [0.3, 0.4) is 0 Å². The largest absolute Gasteiger partial charge is 0.341 e. The van der Waals surface area contributed by atoms with Gasteiger partial charge in [0.1, 0.15) is 5.82 Å². The van der Waals surface area contributed by atoms with E-state index in [1.54, 1.807) is 11.8 Å². The number of aromatic amines is 1. The van der Waals surface area contributed by atoms with Crippen LogP contribution in [0, 0.1) is 0 Å². The highest BCUT2D eigenvalue weighted by molar-refractivity contribution is 8.00. The fraction of sp³-hybridized carbons (Fsp3) is 0.143. The number of nitrogens with one attached hydrogen (secondary N) is 2. The van der Waals surface area contributed by atoms with Crippen LogP contribution in [0.1, 0.15) is 18.0 Å². The van der Waals surface area contributed by atoms with Crippen molar-refractivity contribution < 1.29 is 4.79 Å². The number of anilines is 1. The number of hydrogen-bond donors (Lipinski definition) is 2. The molecule has 4 rings (SSSR count). The summed E-state index contributed by atoms with van der Waals surface area (Å²) in [6.07, 6.45) is 0. The summed E-state index contributed by atoms with van der Waals surface area (Å²) < 4.78 is 0. The second-order valence-corrected chi connectivity index (χ2v) is 7.50. The Balaban J connectivity index is 1.41. The summed E-state index contributed by atoms with van der Waals surface area (Å²) in [6.45, 7) is 2.06. The summed E-state index contributed by atoms with van der Waals surface area (Å²) in [5.41, 5.74) is 2.83. The summed E-state index contributed by atoms with van der Waals surface area (Å²) in [7, 11) is 0. The molecular formula is C21H19N3OS. The number of hydrogen-bond acceptors (Lipinski definition) is 3. The zero-order valence-corrected chi connectivity index (χ0v) is 15.2. The van der Waals surface area contributed by atoms with Crippen molar-refractivity contribution >= 4 is 45.2 Å². The van der Waals surface area contributed by atoms with Gasteiger partial charge in [-0.3, -0.25) is 4.79 Å². The lowest BCUT2D eigenvalue weighted by Crippen LogP contribution is -2.15. The Labute approximate surface area is 156 Å². The van der Waals surface area contributed by atoms with Gasteiger partial charge in [-0.2, -0.15) is 0 Å². The Kier molecular flexibility index (Phi) is 4.63. The van der Waals surface area contributed by atoms with Gasteiger partial charge in [0.15, 0.2) is 0 Å². The van der Waals surface area contributed by atoms with E-state index in [0.29, 0.717) is 5.75 Å². The first-order valence-electron chi connectivity index (χ1n) is 8.54. The maximum Gasteiger partial charge on any atom is 0.234 e. The van der Waals surface area contributed by atoms with Crippen LogP contribution in [-0.2, 0) is 4.79 Å². The zero-order valence-electron chi connectivity index (χ0n) is 14.4. The molecule has 1 aromatic heterocycles. The van der Waals surface area contributed by atoms with Crippen LogP contribution in [0.5, 0.6) is 0 Å². The van der Waals surface area contributed by atoms with E-state index in [9.17, 15) is 4.79 Å². The van der Waals surface area contributed by atoms with E-state index >= 15 is 0 Å². The third kappa shape index (κ3) is 3.44. The molecule has 0 saturated carbocycles. The molecule has 0 radical (unpaired) electrons. The van der Waals surface area contributed by atoms with Gasteiger partial charge in [0.05, 0.1) is 22.0 Å². The van der Waals surface area contributed by atoms with E-state index in [1.807, 2.05) is 66.7 Å². The van der Waals surface area contributed by atoms with E-state index in [2.05, 4.69) is 22.2 Å². The number of amides is 1. The van der Waals surface area contributed by atoms with Crippen LogP contribution < -0.4 is 5.32 Å². The molecule has 26 heavy (non-hydrogen) atoms. The molecule has 4 nitrogen and oxygen atoms in total. The minimum Gasteiger partial charge on any atom is -0.341 e.